The molecule has 2 rings (SSSR count). The molecule has 2 N–H and O–H groups in total. The largest absolute Gasteiger partial charge is 0.352 e. The first-order chi connectivity index (χ1) is 9.16. The number of rotatable bonds is 7. The molecule has 6 nitrogen and oxygen atoms in total. The van der Waals surface area contributed by atoms with Gasteiger partial charge in [0.05, 0.1) is 4.92 Å². The number of nitro benzene ring substituents is 1. The van der Waals surface area contributed by atoms with Crippen molar-refractivity contribution in [2.45, 2.75) is 31.8 Å². The van der Waals surface area contributed by atoms with Gasteiger partial charge < -0.3 is 10.6 Å². The van der Waals surface area contributed by atoms with E-state index in [9.17, 15) is 14.9 Å². The van der Waals surface area contributed by atoms with Crippen LogP contribution in [0.2, 0.25) is 0 Å². The third kappa shape index (κ3) is 4.33. The number of hydrogen-bond acceptors (Lipinski definition) is 4. The van der Waals surface area contributed by atoms with Gasteiger partial charge in [-0.15, -0.1) is 0 Å². The minimum Gasteiger partial charge on any atom is -0.352 e. The number of hydrogen-bond donors (Lipinski definition) is 2. The number of carbonyl (C=O) groups is 1. The molecule has 1 aromatic rings. The van der Waals surface area contributed by atoms with Crippen molar-refractivity contribution in [3.63, 3.8) is 0 Å². The van der Waals surface area contributed by atoms with E-state index >= 15 is 0 Å². The molecule has 0 unspecified atom stereocenters. The van der Waals surface area contributed by atoms with Gasteiger partial charge >= 0.3 is 0 Å². The van der Waals surface area contributed by atoms with Gasteiger partial charge in [0, 0.05) is 37.2 Å². The normalized spacial score (nSPS) is 14.1. The van der Waals surface area contributed by atoms with Crippen LogP contribution in [-0.2, 0) is 11.3 Å². The quantitative estimate of drug-likeness (QED) is 0.574. The lowest BCUT2D eigenvalue weighted by Gasteiger charge is -2.06. The molecule has 0 saturated heterocycles. The van der Waals surface area contributed by atoms with Crippen molar-refractivity contribution in [2.75, 3.05) is 6.54 Å². The summed E-state index contributed by atoms with van der Waals surface area (Å²) in [4.78, 5) is 21.9. The summed E-state index contributed by atoms with van der Waals surface area (Å²) in [5, 5.41) is 16.8. The molecule has 19 heavy (non-hydrogen) atoms. The molecule has 1 aliphatic carbocycles. The van der Waals surface area contributed by atoms with E-state index in [1.54, 1.807) is 18.2 Å². The number of nitrogens with zero attached hydrogens (tertiary/aromatic N) is 1. The van der Waals surface area contributed by atoms with Crippen LogP contribution in [0.15, 0.2) is 24.3 Å². The maximum Gasteiger partial charge on any atom is 0.274 e. The van der Waals surface area contributed by atoms with E-state index in [0.717, 1.165) is 0 Å². The first kappa shape index (κ1) is 13.5. The number of nitrogens with one attached hydrogen (secondary N) is 2. The molecular weight excluding hydrogens is 246 g/mol. The summed E-state index contributed by atoms with van der Waals surface area (Å²) in [5.41, 5.74) is 0.565. The Bertz CT molecular complexity index is 472. The zero-order valence-electron chi connectivity index (χ0n) is 10.6. The van der Waals surface area contributed by atoms with E-state index < -0.39 is 4.92 Å². The third-order valence-electron chi connectivity index (χ3n) is 3.03. The van der Waals surface area contributed by atoms with Gasteiger partial charge in [-0.05, 0) is 12.8 Å². The van der Waals surface area contributed by atoms with Crippen LogP contribution in [0.5, 0.6) is 0 Å². The van der Waals surface area contributed by atoms with Crippen LogP contribution in [0.25, 0.3) is 0 Å². The van der Waals surface area contributed by atoms with E-state index in [2.05, 4.69) is 10.6 Å². The summed E-state index contributed by atoms with van der Waals surface area (Å²) in [6.45, 7) is 0.854. The van der Waals surface area contributed by atoms with E-state index in [1.165, 1.54) is 18.9 Å². The highest BCUT2D eigenvalue weighted by Crippen LogP contribution is 2.18. The first-order valence-electron chi connectivity index (χ1n) is 6.39. The molecule has 0 aliphatic heterocycles. The molecule has 1 aliphatic rings. The molecule has 1 aromatic carbocycles. The Hall–Kier alpha value is -1.95. The lowest BCUT2D eigenvalue weighted by Crippen LogP contribution is -2.28. The maximum atomic E-state index is 11.6. The van der Waals surface area contributed by atoms with Gasteiger partial charge in [-0.1, -0.05) is 18.2 Å². The molecule has 0 aromatic heterocycles. The molecule has 1 saturated carbocycles. The molecule has 0 spiro atoms. The highest BCUT2D eigenvalue weighted by molar-refractivity contribution is 5.76. The molecule has 102 valence electrons. The minimum atomic E-state index is -0.434. The molecule has 0 bridgehead atoms. The molecule has 1 amide bonds. The molecule has 1 fully saturated rings. The monoisotopic (exact) mass is 263 g/mol. The predicted octanol–water partition coefficient (Wildman–Crippen LogP) is 1.35. The van der Waals surface area contributed by atoms with Crippen molar-refractivity contribution >= 4 is 11.6 Å². The fourth-order valence-electron chi connectivity index (χ4n) is 1.80. The number of amides is 1. The van der Waals surface area contributed by atoms with Crippen LogP contribution in [0.1, 0.15) is 24.8 Å². The van der Waals surface area contributed by atoms with E-state index in [4.69, 9.17) is 0 Å². The second kappa shape index (κ2) is 6.29. The molecule has 0 heterocycles. The number of carbonyl (C=O) groups excluding carboxylic acids is 1. The summed E-state index contributed by atoms with van der Waals surface area (Å²) in [6, 6.07) is 7.02. The molecule has 6 heteroatoms. The third-order valence-corrected chi connectivity index (χ3v) is 3.03. The van der Waals surface area contributed by atoms with Crippen LogP contribution in [0.3, 0.4) is 0 Å². The first-order valence-corrected chi connectivity index (χ1v) is 6.39. The van der Waals surface area contributed by atoms with Crippen LogP contribution >= 0.6 is 0 Å². The lowest BCUT2D eigenvalue weighted by molar-refractivity contribution is -0.385. The van der Waals surface area contributed by atoms with Gasteiger partial charge in [0.15, 0.2) is 0 Å². The van der Waals surface area contributed by atoms with E-state index in [-0.39, 0.29) is 18.1 Å². The average molecular weight is 263 g/mol. The summed E-state index contributed by atoms with van der Waals surface area (Å²) in [7, 11) is 0. The Morgan fingerprint density at radius 2 is 2.11 bits per heavy atom. The number of benzene rings is 1. The SMILES string of the molecule is O=C(CCNC1CC1)NCc1ccccc1[N+](=O)[O-]. The Kier molecular flexibility index (Phi) is 4.46. The van der Waals surface area contributed by atoms with Gasteiger partial charge in [-0.3, -0.25) is 14.9 Å². The summed E-state index contributed by atoms with van der Waals surface area (Å²) >= 11 is 0. The molecule has 0 atom stereocenters. The van der Waals surface area contributed by atoms with Gasteiger partial charge in [-0.2, -0.15) is 0 Å². The zero-order valence-corrected chi connectivity index (χ0v) is 10.6. The highest BCUT2D eigenvalue weighted by Gasteiger charge is 2.20. The van der Waals surface area contributed by atoms with Crippen molar-refractivity contribution in [3.8, 4) is 0 Å². The second-order valence-electron chi connectivity index (χ2n) is 4.64. The van der Waals surface area contributed by atoms with E-state index in [1.807, 2.05) is 0 Å². The maximum absolute atomic E-state index is 11.6. The van der Waals surface area contributed by atoms with Crippen molar-refractivity contribution in [3.05, 3.63) is 39.9 Å². The molecular formula is C13H17N3O3. The second-order valence-corrected chi connectivity index (χ2v) is 4.64. The Morgan fingerprint density at radius 3 is 2.79 bits per heavy atom. The van der Waals surface area contributed by atoms with Gasteiger partial charge in [-0.25, -0.2) is 0 Å². The fourth-order valence-corrected chi connectivity index (χ4v) is 1.80. The summed E-state index contributed by atoms with van der Waals surface area (Å²) < 4.78 is 0. The van der Waals surface area contributed by atoms with Gasteiger partial charge in [0.2, 0.25) is 5.91 Å². The van der Waals surface area contributed by atoms with Gasteiger partial charge in [0.25, 0.3) is 5.69 Å². The van der Waals surface area contributed by atoms with Crippen LogP contribution in [0, 0.1) is 10.1 Å². The topological polar surface area (TPSA) is 84.3 Å². The number of nitro groups is 1. The van der Waals surface area contributed by atoms with Gasteiger partial charge in [0.1, 0.15) is 0 Å². The van der Waals surface area contributed by atoms with E-state index in [0.29, 0.717) is 24.6 Å². The van der Waals surface area contributed by atoms with Crippen molar-refractivity contribution in [1.82, 2.24) is 10.6 Å². The highest BCUT2D eigenvalue weighted by atomic mass is 16.6. The Morgan fingerprint density at radius 1 is 1.37 bits per heavy atom. The standard InChI is InChI=1S/C13H17N3O3/c17-13(7-8-14-11-5-6-11)15-9-10-3-1-2-4-12(10)16(18)19/h1-4,11,14H,5-9H2,(H,15,17). The average Bonchev–Trinajstić information content (AvgIpc) is 3.20. The van der Waals surface area contributed by atoms with Crippen molar-refractivity contribution in [2.24, 2.45) is 0 Å². The fraction of sp³-hybridized carbons (Fsp3) is 0.462. The number of para-hydroxylation sites is 1. The predicted molar refractivity (Wildman–Crippen MR) is 70.6 cm³/mol. The van der Waals surface area contributed by atoms with Crippen molar-refractivity contribution < 1.29 is 9.72 Å². The Balaban J connectivity index is 1.77. The zero-order chi connectivity index (χ0) is 13.7. The Labute approximate surface area is 111 Å². The summed E-state index contributed by atoms with van der Waals surface area (Å²) in [6.07, 6.45) is 2.78. The molecule has 0 radical (unpaired) electrons. The van der Waals surface area contributed by atoms with Crippen LogP contribution < -0.4 is 10.6 Å². The van der Waals surface area contributed by atoms with Crippen LogP contribution in [0.4, 0.5) is 5.69 Å². The summed E-state index contributed by atoms with van der Waals surface area (Å²) in [5.74, 6) is -0.0914. The minimum absolute atomic E-state index is 0.0407. The lowest BCUT2D eigenvalue weighted by atomic mass is 10.2. The van der Waals surface area contributed by atoms with Crippen LogP contribution in [-0.4, -0.2) is 23.4 Å². The smallest absolute Gasteiger partial charge is 0.274 e. The van der Waals surface area contributed by atoms with Crippen molar-refractivity contribution in [1.29, 1.82) is 0 Å².